The number of rotatable bonds is 2. The summed E-state index contributed by atoms with van der Waals surface area (Å²) < 4.78 is 0. The molecule has 1 unspecified atom stereocenters. The summed E-state index contributed by atoms with van der Waals surface area (Å²) in [6.45, 7) is 1.98. The first-order valence-corrected chi connectivity index (χ1v) is 4.45. The molecule has 1 heterocycles. The third kappa shape index (κ3) is 1.29. The molecule has 0 aromatic rings. The van der Waals surface area contributed by atoms with Crippen LogP contribution in [0.2, 0.25) is 0 Å². The molecule has 1 aliphatic heterocycles. The Morgan fingerprint density at radius 2 is 2.25 bits per heavy atom. The summed E-state index contributed by atoms with van der Waals surface area (Å²) in [7, 11) is 0. The number of nitrogens with zero attached hydrogens (tertiary/aromatic N) is 1. The van der Waals surface area contributed by atoms with Crippen molar-refractivity contribution in [2.75, 3.05) is 0 Å². The van der Waals surface area contributed by atoms with Crippen molar-refractivity contribution in [3.05, 3.63) is 0 Å². The molecule has 0 saturated heterocycles. The molecule has 4 nitrogen and oxygen atoms in total. The van der Waals surface area contributed by atoms with E-state index in [-0.39, 0.29) is 11.9 Å². The standard InChI is InChI=1S/C8H13N3O/c1-2-6-8(12)11-10-7(9-6)5-3-4-5/h5-6H,2-4H2,1H3,(H,9,10)(H,11,12). The minimum Gasteiger partial charge on any atom is -0.285 e. The summed E-state index contributed by atoms with van der Waals surface area (Å²) in [6.07, 6.45) is 3.19. The van der Waals surface area contributed by atoms with Gasteiger partial charge in [0.05, 0.1) is 0 Å². The average molecular weight is 167 g/mol. The van der Waals surface area contributed by atoms with Crippen LogP contribution in [0.4, 0.5) is 0 Å². The van der Waals surface area contributed by atoms with Crippen LogP contribution < -0.4 is 10.9 Å². The molecule has 0 radical (unpaired) electrons. The highest BCUT2D eigenvalue weighted by Crippen LogP contribution is 2.30. The number of hydrazine groups is 1. The van der Waals surface area contributed by atoms with Crippen LogP contribution in [0.3, 0.4) is 0 Å². The Morgan fingerprint density at radius 1 is 1.50 bits per heavy atom. The molecule has 1 saturated carbocycles. The van der Waals surface area contributed by atoms with E-state index in [0.29, 0.717) is 5.92 Å². The van der Waals surface area contributed by atoms with E-state index >= 15 is 0 Å². The van der Waals surface area contributed by atoms with Gasteiger partial charge in [0.15, 0.2) is 0 Å². The smallest absolute Gasteiger partial charge is 0.263 e. The number of amidine groups is 1. The van der Waals surface area contributed by atoms with Gasteiger partial charge in [-0.3, -0.25) is 20.6 Å². The van der Waals surface area contributed by atoms with Crippen molar-refractivity contribution >= 4 is 11.7 Å². The van der Waals surface area contributed by atoms with Crippen molar-refractivity contribution in [1.82, 2.24) is 10.9 Å². The van der Waals surface area contributed by atoms with Crippen LogP contribution in [0.15, 0.2) is 4.99 Å². The van der Waals surface area contributed by atoms with Crippen molar-refractivity contribution in [2.24, 2.45) is 10.9 Å². The molecular formula is C8H13N3O. The molecule has 12 heavy (non-hydrogen) atoms. The summed E-state index contributed by atoms with van der Waals surface area (Å²) in [6, 6.07) is -0.165. The largest absolute Gasteiger partial charge is 0.285 e. The third-order valence-corrected chi connectivity index (χ3v) is 2.26. The fraction of sp³-hybridized carbons (Fsp3) is 0.750. The Labute approximate surface area is 71.4 Å². The van der Waals surface area contributed by atoms with Crippen LogP contribution in [0.25, 0.3) is 0 Å². The molecule has 1 atom stereocenters. The van der Waals surface area contributed by atoms with Crippen molar-refractivity contribution in [1.29, 1.82) is 0 Å². The van der Waals surface area contributed by atoms with Gasteiger partial charge in [0.2, 0.25) is 0 Å². The molecule has 0 spiro atoms. The summed E-state index contributed by atoms with van der Waals surface area (Å²) in [5.74, 6) is 1.54. The second-order valence-electron chi connectivity index (χ2n) is 3.33. The van der Waals surface area contributed by atoms with Gasteiger partial charge in [-0.2, -0.15) is 0 Å². The number of hydrogen-bond acceptors (Lipinski definition) is 3. The summed E-state index contributed by atoms with van der Waals surface area (Å²) in [5, 5.41) is 0. The number of carbonyl (C=O) groups is 1. The maximum absolute atomic E-state index is 11.1. The van der Waals surface area contributed by atoms with Crippen molar-refractivity contribution in [2.45, 2.75) is 32.2 Å². The summed E-state index contributed by atoms with van der Waals surface area (Å²) in [5.41, 5.74) is 5.48. The molecule has 2 aliphatic rings. The molecule has 0 bridgehead atoms. The monoisotopic (exact) mass is 167 g/mol. The molecule has 2 rings (SSSR count). The molecule has 4 heteroatoms. The number of carbonyl (C=O) groups excluding carboxylic acids is 1. The highest BCUT2D eigenvalue weighted by molar-refractivity contribution is 5.95. The van der Waals surface area contributed by atoms with Crippen LogP contribution >= 0.6 is 0 Å². The number of hydrogen-bond donors (Lipinski definition) is 2. The van der Waals surface area contributed by atoms with Gasteiger partial charge in [0.1, 0.15) is 11.9 Å². The molecule has 1 aliphatic carbocycles. The van der Waals surface area contributed by atoms with E-state index in [4.69, 9.17) is 0 Å². The topological polar surface area (TPSA) is 53.5 Å². The van der Waals surface area contributed by atoms with E-state index < -0.39 is 0 Å². The quantitative estimate of drug-likeness (QED) is 0.617. The predicted octanol–water partition coefficient (Wildman–Crippen LogP) is 0.208. The number of amides is 1. The predicted molar refractivity (Wildman–Crippen MR) is 45.5 cm³/mol. The second-order valence-corrected chi connectivity index (χ2v) is 3.33. The zero-order valence-electron chi connectivity index (χ0n) is 7.13. The third-order valence-electron chi connectivity index (χ3n) is 2.26. The molecule has 66 valence electrons. The van der Waals surface area contributed by atoms with Gasteiger partial charge in [-0.15, -0.1) is 0 Å². The SMILES string of the molecule is CCC1N=C(C2CC2)NNC1=O. The van der Waals surface area contributed by atoms with Gasteiger partial charge in [-0.25, -0.2) is 0 Å². The van der Waals surface area contributed by atoms with Crippen molar-refractivity contribution in [3.63, 3.8) is 0 Å². The minimum absolute atomic E-state index is 0.0121. The lowest BCUT2D eigenvalue weighted by Crippen LogP contribution is -2.51. The van der Waals surface area contributed by atoms with Crippen molar-refractivity contribution in [3.8, 4) is 0 Å². The van der Waals surface area contributed by atoms with Gasteiger partial charge >= 0.3 is 0 Å². The van der Waals surface area contributed by atoms with Gasteiger partial charge in [-0.05, 0) is 19.3 Å². The van der Waals surface area contributed by atoms with E-state index in [1.165, 1.54) is 12.8 Å². The van der Waals surface area contributed by atoms with Gasteiger partial charge in [0.25, 0.3) is 5.91 Å². The number of aliphatic imine (C=N–C) groups is 1. The molecule has 1 amide bonds. The van der Waals surface area contributed by atoms with E-state index in [9.17, 15) is 4.79 Å². The second kappa shape index (κ2) is 2.77. The first-order valence-electron chi connectivity index (χ1n) is 4.45. The highest BCUT2D eigenvalue weighted by atomic mass is 16.2. The first kappa shape index (κ1) is 7.58. The molecule has 1 fully saturated rings. The highest BCUT2D eigenvalue weighted by Gasteiger charge is 2.32. The Hall–Kier alpha value is -1.06. The van der Waals surface area contributed by atoms with E-state index in [2.05, 4.69) is 15.8 Å². The van der Waals surface area contributed by atoms with Gasteiger partial charge in [-0.1, -0.05) is 6.92 Å². The molecule has 0 aromatic carbocycles. The fourth-order valence-electron chi connectivity index (χ4n) is 1.31. The lowest BCUT2D eigenvalue weighted by atomic mass is 10.2. The molecular weight excluding hydrogens is 154 g/mol. The van der Waals surface area contributed by atoms with Gasteiger partial charge < -0.3 is 0 Å². The lowest BCUT2D eigenvalue weighted by molar-refractivity contribution is -0.123. The Morgan fingerprint density at radius 3 is 2.83 bits per heavy atom. The van der Waals surface area contributed by atoms with Crippen LogP contribution in [-0.2, 0) is 4.79 Å². The summed E-state index contributed by atoms with van der Waals surface area (Å²) >= 11 is 0. The first-order chi connectivity index (χ1) is 5.81. The molecule has 2 N–H and O–H groups in total. The zero-order valence-corrected chi connectivity index (χ0v) is 7.13. The lowest BCUT2D eigenvalue weighted by Gasteiger charge is -2.20. The van der Waals surface area contributed by atoms with Crippen LogP contribution in [-0.4, -0.2) is 17.8 Å². The van der Waals surface area contributed by atoms with E-state index in [1.807, 2.05) is 6.92 Å². The fourth-order valence-corrected chi connectivity index (χ4v) is 1.31. The van der Waals surface area contributed by atoms with Crippen molar-refractivity contribution < 1.29 is 4.79 Å². The Balaban J connectivity index is 2.09. The molecule has 0 aromatic heterocycles. The maximum Gasteiger partial charge on any atom is 0.263 e. The Kier molecular flexibility index (Phi) is 1.75. The van der Waals surface area contributed by atoms with Crippen LogP contribution in [0.5, 0.6) is 0 Å². The Bertz CT molecular complexity index is 232. The van der Waals surface area contributed by atoms with E-state index in [1.54, 1.807) is 0 Å². The number of nitrogens with one attached hydrogen (secondary N) is 2. The normalized spacial score (nSPS) is 28.9. The maximum atomic E-state index is 11.1. The summed E-state index contributed by atoms with van der Waals surface area (Å²) in [4.78, 5) is 15.5. The van der Waals surface area contributed by atoms with Crippen LogP contribution in [0, 0.1) is 5.92 Å². The van der Waals surface area contributed by atoms with Crippen LogP contribution in [0.1, 0.15) is 26.2 Å². The minimum atomic E-state index is -0.165. The van der Waals surface area contributed by atoms with Gasteiger partial charge in [0, 0.05) is 5.92 Å². The zero-order chi connectivity index (χ0) is 8.55. The average Bonchev–Trinajstić information content (AvgIpc) is 2.88. The van der Waals surface area contributed by atoms with E-state index in [0.717, 1.165) is 12.3 Å².